The van der Waals surface area contributed by atoms with Gasteiger partial charge >= 0.3 is 5.69 Å². The molecule has 0 bridgehead atoms. The summed E-state index contributed by atoms with van der Waals surface area (Å²) in [5.41, 5.74) is -0.358. The number of methoxy groups -OCH3 is 1. The number of carbonyl (C=O) groups is 1. The lowest BCUT2D eigenvalue weighted by Crippen LogP contribution is -2.44. The quantitative estimate of drug-likeness (QED) is 0.786. The Labute approximate surface area is 133 Å². The summed E-state index contributed by atoms with van der Waals surface area (Å²) < 4.78 is 7.40. The molecule has 2 aromatic rings. The molecular formula is C16H21N3O4. The summed E-state index contributed by atoms with van der Waals surface area (Å²) in [5.74, 6) is -0.296. The van der Waals surface area contributed by atoms with Gasteiger partial charge in [0.1, 0.15) is 6.04 Å². The minimum Gasteiger partial charge on any atom is -0.383 e. The third-order valence-corrected chi connectivity index (χ3v) is 3.76. The van der Waals surface area contributed by atoms with Crippen molar-refractivity contribution in [1.82, 2.24) is 14.5 Å². The highest BCUT2D eigenvalue weighted by molar-refractivity contribution is 5.84. The normalized spacial score (nSPS) is 12.3. The van der Waals surface area contributed by atoms with Gasteiger partial charge in [0.05, 0.1) is 17.5 Å². The van der Waals surface area contributed by atoms with Crippen LogP contribution in [0.2, 0.25) is 0 Å². The molecule has 1 atom stereocenters. The molecule has 23 heavy (non-hydrogen) atoms. The van der Waals surface area contributed by atoms with E-state index in [1.165, 1.54) is 4.57 Å². The van der Waals surface area contributed by atoms with Crippen molar-refractivity contribution in [2.75, 3.05) is 20.3 Å². The zero-order chi connectivity index (χ0) is 17.0. The second-order valence-electron chi connectivity index (χ2n) is 5.18. The van der Waals surface area contributed by atoms with Gasteiger partial charge in [0.2, 0.25) is 5.91 Å². The van der Waals surface area contributed by atoms with Crippen molar-refractivity contribution < 1.29 is 9.53 Å². The lowest BCUT2D eigenvalue weighted by Gasteiger charge is -2.19. The lowest BCUT2D eigenvalue weighted by molar-refractivity contribution is -0.124. The summed E-state index contributed by atoms with van der Waals surface area (Å²) in [6.07, 6.45) is 0. The van der Waals surface area contributed by atoms with E-state index in [4.69, 9.17) is 4.74 Å². The van der Waals surface area contributed by atoms with Crippen LogP contribution < -0.4 is 16.6 Å². The fourth-order valence-corrected chi connectivity index (χ4v) is 2.52. The number of amides is 1. The Morgan fingerprint density at radius 3 is 2.65 bits per heavy atom. The van der Waals surface area contributed by atoms with E-state index in [0.29, 0.717) is 24.1 Å². The summed E-state index contributed by atoms with van der Waals surface area (Å²) in [6.45, 7) is 4.37. The molecule has 1 N–H and O–H groups in total. The van der Waals surface area contributed by atoms with Crippen LogP contribution >= 0.6 is 0 Å². The Bertz CT molecular complexity index is 822. The summed E-state index contributed by atoms with van der Waals surface area (Å²) in [5, 5.41) is 3.14. The zero-order valence-corrected chi connectivity index (χ0v) is 13.5. The molecule has 0 aliphatic carbocycles. The van der Waals surface area contributed by atoms with Crippen LogP contribution in [-0.2, 0) is 16.1 Å². The van der Waals surface area contributed by atoms with E-state index in [-0.39, 0.29) is 18.0 Å². The first-order chi connectivity index (χ1) is 11.0. The molecule has 1 aromatic heterocycles. The van der Waals surface area contributed by atoms with Crippen LogP contribution in [0, 0.1) is 0 Å². The van der Waals surface area contributed by atoms with E-state index >= 15 is 0 Å². The molecule has 0 radical (unpaired) electrons. The first-order valence-corrected chi connectivity index (χ1v) is 7.53. The average molecular weight is 319 g/mol. The molecule has 1 heterocycles. The standard InChI is InChI=1S/C16H21N3O4/c1-4-18-15(21)12-7-5-6-8-13(12)19(16(18)22)11(2)14(20)17-9-10-23-3/h5-8,11H,4,9-10H2,1-3H3,(H,17,20)/t11-/m0/s1. The maximum atomic E-state index is 12.6. The Kier molecular flexibility index (Phi) is 5.33. The first-order valence-electron chi connectivity index (χ1n) is 7.53. The third-order valence-electron chi connectivity index (χ3n) is 3.76. The number of rotatable bonds is 6. The van der Waals surface area contributed by atoms with Crippen molar-refractivity contribution in [1.29, 1.82) is 0 Å². The van der Waals surface area contributed by atoms with E-state index in [0.717, 1.165) is 4.57 Å². The van der Waals surface area contributed by atoms with Crippen LogP contribution in [0.15, 0.2) is 33.9 Å². The van der Waals surface area contributed by atoms with E-state index in [1.54, 1.807) is 45.2 Å². The smallest absolute Gasteiger partial charge is 0.332 e. The molecule has 1 amide bonds. The Morgan fingerprint density at radius 1 is 1.30 bits per heavy atom. The van der Waals surface area contributed by atoms with Gasteiger partial charge in [-0.25, -0.2) is 4.79 Å². The summed E-state index contributed by atoms with van der Waals surface area (Å²) in [6, 6.07) is 6.08. The van der Waals surface area contributed by atoms with Gasteiger partial charge in [0.15, 0.2) is 0 Å². The highest BCUT2D eigenvalue weighted by Crippen LogP contribution is 2.13. The van der Waals surface area contributed by atoms with Crippen molar-refractivity contribution in [2.45, 2.75) is 26.4 Å². The van der Waals surface area contributed by atoms with Gasteiger partial charge in [0.25, 0.3) is 5.56 Å². The van der Waals surface area contributed by atoms with E-state index < -0.39 is 11.7 Å². The Hall–Kier alpha value is -2.41. The number of hydrogen-bond donors (Lipinski definition) is 1. The van der Waals surface area contributed by atoms with Gasteiger partial charge < -0.3 is 10.1 Å². The molecule has 1 aromatic carbocycles. The number of nitrogens with one attached hydrogen (secondary N) is 1. The van der Waals surface area contributed by atoms with Crippen molar-refractivity contribution in [3.63, 3.8) is 0 Å². The third kappa shape index (κ3) is 3.19. The molecule has 0 aliphatic rings. The van der Waals surface area contributed by atoms with Gasteiger partial charge in [-0.1, -0.05) is 12.1 Å². The number of ether oxygens (including phenoxy) is 1. The molecule has 0 fully saturated rings. The Balaban J connectivity index is 2.57. The van der Waals surface area contributed by atoms with Crippen LogP contribution in [-0.4, -0.2) is 35.3 Å². The molecule has 2 rings (SSSR count). The first kappa shape index (κ1) is 17.0. The minimum atomic E-state index is -0.734. The van der Waals surface area contributed by atoms with Crippen LogP contribution in [0.4, 0.5) is 0 Å². The van der Waals surface area contributed by atoms with Crippen LogP contribution in [0.1, 0.15) is 19.9 Å². The van der Waals surface area contributed by atoms with E-state index in [2.05, 4.69) is 5.32 Å². The summed E-state index contributed by atoms with van der Waals surface area (Å²) in [4.78, 5) is 37.3. The molecule has 124 valence electrons. The maximum absolute atomic E-state index is 12.6. The summed E-state index contributed by atoms with van der Waals surface area (Å²) in [7, 11) is 1.55. The molecule has 0 saturated carbocycles. The predicted molar refractivity (Wildman–Crippen MR) is 87.7 cm³/mol. The highest BCUT2D eigenvalue weighted by atomic mass is 16.5. The summed E-state index contributed by atoms with van der Waals surface area (Å²) >= 11 is 0. The van der Waals surface area contributed by atoms with Gasteiger partial charge in [-0.15, -0.1) is 0 Å². The minimum absolute atomic E-state index is 0.251. The molecule has 0 saturated heterocycles. The van der Waals surface area contributed by atoms with Gasteiger partial charge in [-0.2, -0.15) is 0 Å². The topological polar surface area (TPSA) is 82.3 Å². The number of nitrogens with zero attached hydrogens (tertiary/aromatic N) is 2. The number of para-hydroxylation sites is 1. The molecule has 7 heteroatoms. The molecule has 0 aliphatic heterocycles. The van der Waals surface area contributed by atoms with E-state index in [1.807, 2.05) is 0 Å². The fraction of sp³-hybridized carbons (Fsp3) is 0.438. The predicted octanol–water partition coefficient (Wildman–Crippen LogP) is 0.507. The number of hydrogen-bond acceptors (Lipinski definition) is 4. The van der Waals surface area contributed by atoms with Crippen LogP contribution in [0.5, 0.6) is 0 Å². The number of fused-ring (bicyclic) bond motifs is 1. The number of benzene rings is 1. The maximum Gasteiger partial charge on any atom is 0.332 e. The van der Waals surface area contributed by atoms with Crippen molar-refractivity contribution in [3.8, 4) is 0 Å². The van der Waals surface area contributed by atoms with Crippen LogP contribution in [0.3, 0.4) is 0 Å². The molecule has 0 spiro atoms. The van der Waals surface area contributed by atoms with Crippen molar-refractivity contribution in [3.05, 3.63) is 45.1 Å². The monoisotopic (exact) mass is 319 g/mol. The average Bonchev–Trinajstić information content (AvgIpc) is 2.55. The fourth-order valence-electron chi connectivity index (χ4n) is 2.52. The SMILES string of the molecule is CCn1c(=O)c2ccccc2n([C@@H](C)C(=O)NCCOC)c1=O. The van der Waals surface area contributed by atoms with Crippen LogP contribution in [0.25, 0.3) is 10.9 Å². The largest absolute Gasteiger partial charge is 0.383 e. The second-order valence-corrected chi connectivity index (χ2v) is 5.18. The highest BCUT2D eigenvalue weighted by Gasteiger charge is 2.21. The van der Waals surface area contributed by atoms with Crippen molar-refractivity contribution in [2.24, 2.45) is 0 Å². The molecule has 7 nitrogen and oxygen atoms in total. The van der Waals surface area contributed by atoms with Gasteiger partial charge in [-0.3, -0.25) is 18.7 Å². The van der Waals surface area contributed by atoms with Crippen molar-refractivity contribution >= 4 is 16.8 Å². The number of aromatic nitrogens is 2. The zero-order valence-electron chi connectivity index (χ0n) is 13.5. The van der Waals surface area contributed by atoms with E-state index in [9.17, 15) is 14.4 Å². The lowest BCUT2D eigenvalue weighted by atomic mass is 10.2. The van der Waals surface area contributed by atoms with Gasteiger partial charge in [0, 0.05) is 20.2 Å². The second kappa shape index (κ2) is 7.23. The molecular weight excluding hydrogens is 298 g/mol. The Morgan fingerprint density at radius 2 is 2.00 bits per heavy atom. The molecule has 0 unspecified atom stereocenters. The van der Waals surface area contributed by atoms with Gasteiger partial charge in [-0.05, 0) is 26.0 Å². The number of carbonyl (C=O) groups excluding carboxylic acids is 1.